The molecule has 2 aliphatic carbocycles. The summed E-state index contributed by atoms with van der Waals surface area (Å²) in [4.78, 5) is 0. The smallest absolute Gasteiger partial charge is 0.188 e. The van der Waals surface area contributed by atoms with Crippen molar-refractivity contribution in [3.8, 4) is 0 Å². The summed E-state index contributed by atoms with van der Waals surface area (Å²) >= 11 is 0. The summed E-state index contributed by atoms with van der Waals surface area (Å²) in [6.45, 7) is 5.64. The highest BCUT2D eigenvalue weighted by Gasteiger charge is 2.35. The van der Waals surface area contributed by atoms with Gasteiger partial charge in [-0.1, -0.05) is 12.2 Å². The monoisotopic (exact) mass is 238 g/mol. The van der Waals surface area contributed by atoms with Gasteiger partial charge in [-0.25, -0.2) is 0 Å². The van der Waals surface area contributed by atoms with E-state index < -0.39 is 0 Å². The van der Waals surface area contributed by atoms with Gasteiger partial charge in [0.15, 0.2) is 6.79 Å². The maximum Gasteiger partial charge on any atom is 0.188 e. The topological polar surface area (TPSA) is 27.7 Å². The summed E-state index contributed by atoms with van der Waals surface area (Å²) in [5.74, 6) is 3.06. The van der Waals surface area contributed by atoms with Gasteiger partial charge in [0.2, 0.25) is 0 Å². The second-order valence-electron chi connectivity index (χ2n) is 4.86. The van der Waals surface area contributed by atoms with Gasteiger partial charge < -0.3 is 14.2 Å². The summed E-state index contributed by atoms with van der Waals surface area (Å²) in [5, 5.41) is 0. The molecule has 2 bridgehead atoms. The Balaban J connectivity index is 1.55. The molecule has 0 amide bonds. The van der Waals surface area contributed by atoms with Crippen LogP contribution in [0.15, 0.2) is 24.2 Å². The van der Waals surface area contributed by atoms with E-state index in [0.29, 0.717) is 19.3 Å². The Labute approximate surface area is 103 Å². The van der Waals surface area contributed by atoms with Crippen LogP contribution in [-0.2, 0) is 14.2 Å². The van der Waals surface area contributed by atoms with Crippen LogP contribution in [0.4, 0.5) is 0 Å². The second kappa shape index (κ2) is 6.10. The first kappa shape index (κ1) is 12.5. The first-order valence-electron chi connectivity index (χ1n) is 6.46. The van der Waals surface area contributed by atoms with Gasteiger partial charge in [0.1, 0.15) is 12.0 Å². The lowest BCUT2D eigenvalue weighted by atomic mass is 9.95. The fourth-order valence-electron chi connectivity index (χ4n) is 2.75. The Hall–Kier alpha value is -0.960. The third-order valence-corrected chi connectivity index (χ3v) is 3.52. The molecule has 0 N–H and O–H groups in total. The fourth-order valence-corrected chi connectivity index (χ4v) is 2.75. The number of hydrogen-bond donors (Lipinski definition) is 0. The maximum atomic E-state index is 5.54. The van der Waals surface area contributed by atoms with Gasteiger partial charge >= 0.3 is 0 Å². The molecular formula is C14H22O3. The summed E-state index contributed by atoms with van der Waals surface area (Å²) in [7, 11) is 0. The molecule has 3 atom stereocenters. The molecule has 1 fully saturated rings. The summed E-state index contributed by atoms with van der Waals surface area (Å²) in [6, 6.07) is 0. The minimum atomic E-state index is 0.321. The van der Waals surface area contributed by atoms with Crippen molar-refractivity contribution in [2.75, 3.05) is 20.0 Å². The van der Waals surface area contributed by atoms with Gasteiger partial charge in [-0.3, -0.25) is 0 Å². The largest absolute Gasteiger partial charge is 0.495 e. The fraction of sp³-hybridized carbons (Fsp3) is 0.714. The lowest BCUT2D eigenvalue weighted by Crippen LogP contribution is -2.15. The maximum absolute atomic E-state index is 5.54. The number of ether oxygens (including phenoxy) is 3. The predicted octanol–water partition coefficient (Wildman–Crippen LogP) is 3.09. The van der Waals surface area contributed by atoms with E-state index in [1.54, 1.807) is 6.26 Å². The van der Waals surface area contributed by atoms with E-state index in [2.05, 4.69) is 12.2 Å². The lowest BCUT2D eigenvalue weighted by molar-refractivity contribution is -0.0323. The highest BCUT2D eigenvalue weighted by molar-refractivity contribution is 5.09. The van der Waals surface area contributed by atoms with E-state index >= 15 is 0 Å². The molecule has 1 saturated carbocycles. The number of hydrogen-bond acceptors (Lipinski definition) is 3. The van der Waals surface area contributed by atoms with Gasteiger partial charge in [-0.2, -0.15) is 0 Å². The van der Waals surface area contributed by atoms with Crippen LogP contribution in [0, 0.1) is 17.8 Å². The average Bonchev–Trinajstić information content (AvgIpc) is 2.91. The Bertz CT molecular complexity index is 296. The Kier molecular flexibility index (Phi) is 4.49. The molecule has 3 heteroatoms. The summed E-state index contributed by atoms with van der Waals surface area (Å²) < 4.78 is 16.0. The van der Waals surface area contributed by atoms with Crippen molar-refractivity contribution >= 4 is 0 Å². The van der Waals surface area contributed by atoms with Crippen LogP contribution in [0.2, 0.25) is 0 Å². The average molecular weight is 238 g/mol. The Morgan fingerprint density at radius 1 is 1.35 bits per heavy atom. The third-order valence-electron chi connectivity index (χ3n) is 3.52. The minimum Gasteiger partial charge on any atom is -0.495 e. The van der Waals surface area contributed by atoms with Crippen LogP contribution in [0.3, 0.4) is 0 Å². The number of rotatable bonds is 7. The molecule has 3 nitrogen and oxygen atoms in total. The summed E-state index contributed by atoms with van der Waals surface area (Å²) in [5.41, 5.74) is 0. The van der Waals surface area contributed by atoms with Crippen molar-refractivity contribution in [3.05, 3.63) is 24.2 Å². The third kappa shape index (κ3) is 3.50. The molecule has 17 heavy (non-hydrogen) atoms. The number of allylic oxidation sites excluding steroid dienone is 3. The molecule has 0 radical (unpaired) electrons. The first-order valence-corrected chi connectivity index (χ1v) is 6.46. The molecule has 0 heterocycles. The lowest BCUT2D eigenvalue weighted by Gasteiger charge is -2.17. The van der Waals surface area contributed by atoms with Crippen LogP contribution in [0.25, 0.3) is 0 Å². The van der Waals surface area contributed by atoms with E-state index in [0.717, 1.165) is 24.2 Å². The van der Waals surface area contributed by atoms with Gasteiger partial charge in [-0.05, 0) is 44.4 Å². The molecule has 2 rings (SSSR count). The van der Waals surface area contributed by atoms with Crippen molar-refractivity contribution in [2.45, 2.75) is 26.7 Å². The Morgan fingerprint density at radius 3 is 2.88 bits per heavy atom. The van der Waals surface area contributed by atoms with Crippen molar-refractivity contribution in [3.63, 3.8) is 0 Å². The SMILES string of the molecule is CCOC(C)=COCOCC1CC2C=CC1C2. The Morgan fingerprint density at radius 2 is 2.24 bits per heavy atom. The highest BCUT2D eigenvalue weighted by atomic mass is 16.7. The molecule has 0 aliphatic heterocycles. The van der Waals surface area contributed by atoms with E-state index in [-0.39, 0.29) is 0 Å². The van der Waals surface area contributed by atoms with Gasteiger partial charge in [0, 0.05) is 0 Å². The van der Waals surface area contributed by atoms with Crippen molar-refractivity contribution in [2.24, 2.45) is 17.8 Å². The van der Waals surface area contributed by atoms with E-state index in [1.165, 1.54) is 12.8 Å². The van der Waals surface area contributed by atoms with Crippen LogP contribution < -0.4 is 0 Å². The van der Waals surface area contributed by atoms with E-state index in [1.807, 2.05) is 13.8 Å². The zero-order valence-electron chi connectivity index (χ0n) is 10.7. The van der Waals surface area contributed by atoms with E-state index in [9.17, 15) is 0 Å². The van der Waals surface area contributed by atoms with E-state index in [4.69, 9.17) is 14.2 Å². The molecule has 0 aromatic heterocycles. The van der Waals surface area contributed by atoms with Crippen LogP contribution >= 0.6 is 0 Å². The van der Waals surface area contributed by atoms with Gasteiger partial charge in [0.05, 0.1) is 13.2 Å². The molecule has 0 aromatic rings. The molecule has 2 aliphatic rings. The quantitative estimate of drug-likeness (QED) is 0.295. The zero-order valence-corrected chi connectivity index (χ0v) is 10.7. The van der Waals surface area contributed by atoms with Gasteiger partial charge in [-0.15, -0.1) is 0 Å². The second-order valence-corrected chi connectivity index (χ2v) is 4.86. The molecular weight excluding hydrogens is 216 g/mol. The summed E-state index contributed by atoms with van der Waals surface area (Å²) in [6.07, 6.45) is 8.94. The molecule has 0 spiro atoms. The van der Waals surface area contributed by atoms with Crippen molar-refractivity contribution in [1.29, 1.82) is 0 Å². The van der Waals surface area contributed by atoms with Crippen molar-refractivity contribution < 1.29 is 14.2 Å². The first-order chi connectivity index (χ1) is 8.29. The number of fused-ring (bicyclic) bond motifs is 2. The normalized spacial score (nSPS) is 30.9. The molecule has 0 aromatic carbocycles. The molecule has 0 saturated heterocycles. The van der Waals surface area contributed by atoms with Crippen molar-refractivity contribution in [1.82, 2.24) is 0 Å². The van der Waals surface area contributed by atoms with Crippen LogP contribution in [-0.4, -0.2) is 20.0 Å². The van der Waals surface area contributed by atoms with Gasteiger partial charge in [0.25, 0.3) is 0 Å². The predicted molar refractivity (Wildman–Crippen MR) is 66.1 cm³/mol. The highest BCUT2D eigenvalue weighted by Crippen LogP contribution is 2.43. The van der Waals surface area contributed by atoms with Crippen LogP contribution in [0.5, 0.6) is 0 Å². The molecule has 3 unspecified atom stereocenters. The standard InChI is InChI=1S/C14H22O3/c1-3-17-11(2)8-15-10-16-9-14-7-12-4-5-13(14)6-12/h4-5,8,12-14H,3,6-7,9-10H2,1-2H3. The van der Waals surface area contributed by atoms with Crippen LogP contribution in [0.1, 0.15) is 26.7 Å². The molecule has 96 valence electrons. The minimum absolute atomic E-state index is 0.321. The zero-order chi connectivity index (χ0) is 12.1.